The number of aromatic carboxylic acids is 1. The Hall–Kier alpha value is -2.37. The first-order valence-electron chi connectivity index (χ1n) is 4.92. The van der Waals surface area contributed by atoms with E-state index in [1.54, 1.807) is 23.2 Å². The molecule has 17 heavy (non-hydrogen) atoms. The molecule has 0 aliphatic heterocycles. The van der Waals surface area contributed by atoms with Crippen molar-refractivity contribution in [1.82, 2.24) is 10.1 Å². The number of aromatic nitrogens is 2. The number of pyridine rings is 1. The first kappa shape index (κ1) is 11.1. The highest BCUT2D eigenvalue weighted by atomic mass is 16.5. The van der Waals surface area contributed by atoms with Gasteiger partial charge in [0.15, 0.2) is 5.76 Å². The summed E-state index contributed by atoms with van der Waals surface area (Å²) >= 11 is 0. The summed E-state index contributed by atoms with van der Waals surface area (Å²) in [5.41, 5.74) is 0.633. The quantitative estimate of drug-likeness (QED) is 0.865. The standard InChI is InChI=1S/C11H11N3O3/c1-14(2)10-7(4-3-5-12-10)9-8(11(15)16)6-13-17-9/h3-6H,1-2H3,(H,15,16). The fourth-order valence-electron chi connectivity index (χ4n) is 1.52. The van der Waals surface area contributed by atoms with Crippen LogP contribution in [0.4, 0.5) is 5.82 Å². The van der Waals surface area contributed by atoms with E-state index in [-0.39, 0.29) is 11.3 Å². The molecule has 0 spiro atoms. The van der Waals surface area contributed by atoms with E-state index in [1.807, 2.05) is 14.1 Å². The Morgan fingerprint density at radius 2 is 2.24 bits per heavy atom. The monoisotopic (exact) mass is 233 g/mol. The molecule has 2 aromatic rings. The Kier molecular flexibility index (Phi) is 2.78. The Bertz CT molecular complexity index is 548. The predicted molar refractivity (Wildman–Crippen MR) is 61.0 cm³/mol. The summed E-state index contributed by atoms with van der Waals surface area (Å²) < 4.78 is 5.01. The first-order chi connectivity index (χ1) is 8.11. The maximum absolute atomic E-state index is 11.0. The molecule has 0 unspecified atom stereocenters. The zero-order chi connectivity index (χ0) is 12.4. The van der Waals surface area contributed by atoms with E-state index < -0.39 is 5.97 Å². The lowest BCUT2D eigenvalue weighted by Crippen LogP contribution is -2.12. The van der Waals surface area contributed by atoms with Crippen LogP contribution in [0.5, 0.6) is 0 Å². The first-order valence-corrected chi connectivity index (χ1v) is 4.92. The maximum atomic E-state index is 11.0. The molecule has 6 heteroatoms. The van der Waals surface area contributed by atoms with E-state index in [0.29, 0.717) is 11.4 Å². The van der Waals surface area contributed by atoms with Crippen LogP contribution in [0.25, 0.3) is 11.3 Å². The number of carbonyl (C=O) groups is 1. The van der Waals surface area contributed by atoms with Crippen LogP contribution in [0, 0.1) is 0 Å². The van der Waals surface area contributed by atoms with Crippen LogP contribution in [-0.4, -0.2) is 35.3 Å². The van der Waals surface area contributed by atoms with Gasteiger partial charge < -0.3 is 14.5 Å². The van der Waals surface area contributed by atoms with Crippen molar-refractivity contribution in [2.45, 2.75) is 0 Å². The fraction of sp³-hybridized carbons (Fsp3) is 0.182. The van der Waals surface area contributed by atoms with Gasteiger partial charge in [-0.15, -0.1) is 0 Å². The topological polar surface area (TPSA) is 79.5 Å². The molecule has 0 atom stereocenters. The fourth-order valence-corrected chi connectivity index (χ4v) is 1.52. The smallest absolute Gasteiger partial charge is 0.341 e. The number of hydrogen-bond donors (Lipinski definition) is 1. The molecular formula is C11H11N3O3. The summed E-state index contributed by atoms with van der Waals surface area (Å²) in [5.74, 6) is -0.226. The molecule has 0 fully saturated rings. The summed E-state index contributed by atoms with van der Waals surface area (Å²) in [7, 11) is 3.64. The van der Waals surface area contributed by atoms with Crippen molar-refractivity contribution in [3.8, 4) is 11.3 Å². The van der Waals surface area contributed by atoms with Crippen molar-refractivity contribution in [1.29, 1.82) is 0 Å². The van der Waals surface area contributed by atoms with Gasteiger partial charge in [-0.25, -0.2) is 9.78 Å². The SMILES string of the molecule is CN(C)c1ncccc1-c1oncc1C(=O)O. The second-order valence-corrected chi connectivity index (χ2v) is 3.64. The van der Waals surface area contributed by atoms with Gasteiger partial charge in [-0.05, 0) is 12.1 Å². The third kappa shape index (κ3) is 1.96. The number of anilines is 1. The molecule has 0 bridgehead atoms. The van der Waals surface area contributed by atoms with Crippen molar-refractivity contribution < 1.29 is 14.4 Å². The molecule has 0 aliphatic carbocycles. The summed E-state index contributed by atoms with van der Waals surface area (Å²) in [6.07, 6.45) is 2.82. The van der Waals surface area contributed by atoms with Gasteiger partial charge in [0.25, 0.3) is 0 Å². The molecule has 0 saturated heterocycles. The van der Waals surface area contributed by atoms with Gasteiger partial charge in [0.2, 0.25) is 0 Å². The molecule has 2 heterocycles. The van der Waals surface area contributed by atoms with Crippen LogP contribution in [0.3, 0.4) is 0 Å². The van der Waals surface area contributed by atoms with E-state index in [2.05, 4.69) is 10.1 Å². The number of carboxylic acid groups (broad SMARTS) is 1. The molecule has 0 amide bonds. The Morgan fingerprint density at radius 3 is 2.88 bits per heavy atom. The lowest BCUT2D eigenvalue weighted by atomic mass is 10.1. The van der Waals surface area contributed by atoms with Crippen molar-refractivity contribution in [2.24, 2.45) is 0 Å². The zero-order valence-electron chi connectivity index (χ0n) is 9.41. The molecule has 2 aromatic heterocycles. The summed E-state index contributed by atoms with van der Waals surface area (Å²) in [6, 6.07) is 3.46. The minimum absolute atomic E-state index is 0.0288. The third-order valence-corrected chi connectivity index (χ3v) is 2.26. The molecule has 0 aliphatic rings. The average Bonchev–Trinajstić information content (AvgIpc) is 2.77. The van der Waals surface area contributed by atoms with E-state index >= 15 is 0 Å². The van der Waals surface area contributed by atoms with Crippen LogP contribution < -0.4 is 4.90 Å². The van der Waals surface area contributed by atoms with Crippen molar-refractivity contribution >= 4 is 11.8 Å². The summed E-state index contributed by atoms with van der Waals surface area (Å²) in [4.78, 5) is 17.0. The number of hydrogen-bond acceptors (Lipinski definition) is 5. The van der Waals surface area contributed by atoms with E-state index in [9.17, 15) is 4.79 Å². The molecule has 1 N–H and O–H groups in total. The predicted octanol–water partition coefficient (Wildman–Crippen LogP) is 1.50. The van der Waals surface area contributed by atoms with Crippen molar-refractivity contribution in [2.75, 3.05) is 19.0 Å². The van der Waals surface area contributed by atoms with Gasteiger partial charge in [0.1, 0.15) is 11.4 Å². The molecule has 0 saturated carbocycles. The Labute approximate surface area is 97.5 Å². The number of rotatable bonds is 3. The van der Waals surface area contributed by atoms with Crippen LogP contribution in [0.2, 0.25) is 0 Å². The average molecular weight is 233 g/mol. The van der Waals surface area contributed by atoms with E-state index in [1.165, 1.54) is 6.20 Å². The van der Waals surface area contributed by atoms with Gasteiger partial charge in [-0.1, -0.05) is 5.16 Å². The second-order valence-electron chi connectivity index (χ2n) is 3.64. The van der Waals surface area contributed by atoms with Gasteiger partial charge in [0, 0.05) is 20.3 Å². The van der Waals surface area contributed by atoms with Gasteiger partial charge >= 0.3 is 5.97 Å². The minimum Gasteiger partial charge on any atom is -0.477 e. The molecule has 0 radical (unpaired) electrons. The Morgan fingerprint density at radius 1 is 1.47 bits per heavy atom. The molecule has 2 rings (SSSR count). The highest BCUT2D eigenvalue weighted by Gasteiger charge is 2.20. The van der Waals surface area contributed by atoms with Crippen molar-refractivity contribution in [3.63, 3.8) is 0 Å². The van der Waals surface area contributed by atoms with Crippen LogP contribution in [-0.2, 0) is 0 Å². The summed E-state index contributed by atoms with van der Waals surface area (Å²) in [5, 5.41) is 12.5. The van der Waals surface area contributed by atoms with E-state index in [4.69, 9.17) is 9.63 Å². The van der Waals surface area contributed by atoms with Crippen LogP contribution in [0.15, 0.2) is 29.0 Å². The lowest BCUT2D eigenvalue weighted by Gasteiger charge is -2.14. The van der Waals surface area contributed by atoms with Crippen LogP contribution in [0.1, 0.15) is 10.4 Å². The maximum Gasteiger partial charge on any atom is 0.341 e. The third-order valence-electron chi connectivity index (χ3n) is 2.26. The molecule has 88 valence electrons. The molecule has 6 nitrogen and oxygen atoms in total. The van der Waals surface area contributed by atoms with Crippen LogP contribution >= 0.6 is 0 Å². The molecular weight excluding hydrogens is 222 g/mol. The number of nitrogens with zero attached hydrogens (tertiary/aromatic N) is 3. The highest BCUT2D eigenvalue weighted by molar-refractivity contribution is 5.95. The van der Waals surface area contributed by atoms with Gasteiger partial charge in [-0.3, -0.25) is 0 Å². The summed E-state index contributed by atoms with van der Waals surface area (Å²) in [6.45, 7) is 0. The zero-order valence-corrected chi connectivity index (χ0v) is 9.41. The number of carboxylic acids is 1. The largest absolute Gasteiger partial charge is 0.477 e. The van der Waals surface area contributed by atoms with Gasteiger partial charge in [0.05, 0.1) is 11.8 Å². The normalized spacial score (nSPS) is 10.2. The second kappa shape index (κ2) is 4.25. The highest BCUT2D eigenvalue weighted by Crippen LogP contribution is 2.30. The minimum atomic E-state index is -1.07. The lowest BCUT2D eigenvalue weighted by molar-refractivity contribution is 0.0697. The Balaban J connectivity index is 2.60. The van der Waals surface area contributed by atoms with E-state index in [0.717, 1.165) is 0 Å². The van der Waals surface area contributed by atoms with Gasteiger partial charge in [-0.2, -0.15) is 0 Å². The molecule has 0 aromatic carbocycles. The van der Waals surface area contributed by atoms with Crippen molar-refractivity contribution in [3.05, 3.63) is 30.1 Å².